The third-order valence-corrected chi connectivity index (χ3v) is 3.55. The minimum absolute atomic E-state index is 0.00140. The van der Waals surface area contributed by atoms with Gasteiger partial charge >= 0.3 is 5.97 Å². The van der Waals surface area contributed by atoms with Gasteiger partial charge in [-0.1, -0.05) is 30.3 Å². The Morgan fingerprint density at radius 1 is 1.21 bits per heavy atom. The third-order valence-electron chi connectivity index (χ3n) is 3.55. The first kappa shape index (κ1) is 15.7. The zero-order valence-corrected chi connectivity index (χ0v) is 13.0. The van der Waals surface area contributed by atoms with Gasteiger partial charge in [-0.25, -0.2) is 13.9 Å². The van der Waals surface area contributed by atoms with Gasteiger partial charge in [-0.15, -0.1) is 0 Å². The Bertz CT molecular complexity index is 875. The molecular formula is C18H16FN3O2. The maximum Gasteiger partial charge on any atom is 0.337 e. The van der Waals surface area contributed by atoms with Crippen molar-refractivity contribution in [2.45, 2.75) is 13.5 Å². The number of nitrogens with zero attached hydrogens (tertiary/aromatic N) is 2. The van der Waals surface area contributed by atoms with Crippen LogP contribution >= 0.6 is 0 Å². The summed E-state index contributed by atoms with van der Waals surface area (Å²) in [6.07, 6.45) is 0. The summed E-state index contributed by atoms with van der Waals surface area (Å²) in [5.41, 5.74) is 2.03. The molecule has 3 aromatic rings. The van der Waals surface area contributed by atoms with E-state index in [0.29, 0.717) is 12.4 Å². The molecule has 0 unspecified atom stereocenters. The molecule has 3 rings (SSSR count). The Morgan fingerprint density at radius 3 is 2.67 bits per heavy atom. The van der Waals surface area contributed by atoms with Gasteiger partial charge in [0.2, 0.25) is 0 Å². The number of rotatable bonds is 5. The van der Waals surface area contributed by atoms with Gasteiger partial charge in [0.1, 0.15) is 11.6 Å². The van der Waals surface area contributed by atoms with E-state index in [4.69, 9.17) is 0 Å². The summed E-state index contributed by atoms with van der Waals surface area (Å²) < 4.78 is 15.2. The zero-order chi connectivity index (χ0) is 17.1. The molecule has 0 aliphatic rings. The quantitative estimate of drug-likeness (QED) is 0.748. The van der Waals surface area contributed by atoms with Crippen molar-refractivity contribution in [2.24, 2.45) is 0 Å². The average molecular weight is 325 g/mol. The average Bonchev–Trinajstić information content (AvgIpc) is 2.87. The van der Waals surface area contributed by atoms with Crippen LogP contribution in [0.15, 0.2) is 54.6 Å². The van der Waals surface area contributed by atoms with Gasteiger partial charge < -0.3 is 10.4 Å². The van der Waals surface area contributed by atoms with Crippen LogP contribution in [-0.4, -0.2) is 20.9 Å². The summed E-state index contributed by atoms with van der Waals surface area (Å²) in [7, 11) is 0. The topological polar surface area (TPSA) is 67.2 Å². The molecule has 0 amide bonds. The number of carboxylic acid groups (broad SMARTS) is 1. The van der Waals surface area contributed by atoms with Gasteiger partial charge in [-0.2, -0.15) is 5.10 Å². The SMILES string of the molecule is Cc1cc(Nc2cc(F)ccc2C(=O)O)n(Cc2ccccc2)n1. The van der Waals surface area contributed by atoms with Crippen molar-refractivity contribution in [3.63, 3.8) is 0 Å². The van der Waals surface area contributed by atoms with Crippen molar-refractivity contribution >= 4 is 17.5 Å². The van der Waals surface area contributed by atoms with Crippen molar-refractivity contribution < 1.29 is 14.3 Å². The fourth-order valence-corrected chi connectivity index (χ4v) is 2.47. The maximum atomic E-state index is 13.5. The molecule has 0 fully saturated rings. The number of aryl methyl sites for hydroxylation is 1. The van der Waals surface area contributed by atoms with Crippen molar-refractivity contribution in [2.75, 3.05) is 5.32 Å². The summed E-state index contributed by atoms with van der Waals surface area (Å²) in [6.45, 7) is 2.37. The smallest absolute Gasteiger partial charge is 0.337 e. The second-order valence-corrected chi connectivity index (χ2v) is 5.43. The Labute approximate surface area is 138 Å². The van der Waals surface area contributed by atoms with Gasteiger partial charge in [0.15, 0.2) is 0 Å². The second kappa shape index (κ2) is 6.54. The molecule has 1 aromatic heterocycles. The lowest BCUT2D eigenvalue weighted by Gasteiger charge is -2.12. The van der Waals surface area contributed by atoms with Crippen LogP contribution in [0, 0.1) is 12.7 Å². The first-order valence-electron chi connectivity index (χ1n) is 7.41. The highest BCUT2D eigenvalue weighted by molar-refractivity contribution is 5.95. The van der Waals surface area contributed by atoms with E-state index >= 15 is 0 Å². The van der Waals surface area contributed by atoms with Crippen molar-refractivity contribution in [1.29, 1.82) is 0 Å². The van der Waals surface area contributed by atoms with Crippen molar-refractivity contribution in [3.8, 4) is 0 Å². The van der Waals surface area contributed by atoms with Crippen LogP contribution in [0.2, 0.25) is 0 Å². The van der Waals surface area contributed by atoms with E-state index in [1.807, 2.05) is 37.3 Å². The fraction of sp³-hybridized carbons (Fsp3) is 0.111. The summed E-state index contributed by atoms with van der Waals surface area (Å²) in [6, 6.07) is 15.1. The third kappa shape index (κ3) is 3.43. The van der Waals surface area contributed by atoms with Crippen LogP contribution in [-0.2, 0) is 6.54 Å². The van der Waals surface area contributed by atoms with Crippen LogP contribution in [0.5, 0.6) is 0 Å². The van der Waals surface area contributed by atoms with Crippen molar-refractivity contribution in [3.05, 3.63) is 77.2 Å². The Kier molecular flexibility index (Phi) is 4.29. The number of carbonyl (C=O) groups is 1. The van der Waals surface area contributed by atoms with E-state index in [-0.39, 0.29) is 11.3 Å². The molecule has 0 aliphatic heterocycles. The number of aromatic carboxylic acids is 1. The summed E-state index contributed by atoms with van der Waals surface area (Å²) in [4.78, 5) is 11.3. The monoisotopic (exact) mass is 325 g/mol. The highest BCUT2D eigenvalue weighted by Gasteiger charge is 2.14. The molecule has 2 aromatic carbocycles. The number of benzene rings is 2. The van der Waals surface area contributed by atoms with E-state index in [9.17, 15) is 14.3 Å². The zero-order valence-electron chi connectivity index (χ0n) is 13.0. The van der Waals surface area contributed by atoms with E-state index in [0.717, 1.165) is 17.3 Å². The van der Waals surface area contributed by atoms with E-state index in [2.05, 4.69) is 10.4 Å². The largest absolute Gasteiger partial charge is 0.478 e. The Balaban J connectivity index is 1.94. The van der Waals surface area contributed by atoms with Crippen molar-refractivity contribution in [1.82, 2.24) is 9.78 Å². The number of nitrogens with one attached hydrogen (secondary N) is 1. The maximum absolute atomic E-state index is 13.5. The van der Waals surface area contributed by atoms with Crippen LogP contribution in [0.3, 0.4) is 0 Å². The van der Waals surface area contributed by atoms with E-state index in [1.54, 1.807) is 10.7 Å². The summed E-state index contributed by atoms with van der Waals surface area (Å²) >= 11 is 0. The Morgan fingerprint density at radius 2 is 1.96 bits per heavy atom. The number of hydrogen-bond donors (Lipinski definition) is 2. The number of anilines is 2. The number of carboxylic acids is 1. The van der Waals surface area contributed by atoms with E-state index < -0.39 is 11.8 Å². The lowest BCUT2D eigenvalue weighted by Crippen LogP contribution is -2.09. The number of halogens is 1. The van der Waals surface area contributed by atoms with Gasteiger partial charge in [0.05, 0.1) is 23.5 Å². The second-order valence-electron chi connectivity index (χ2n) is 5.43. The molecule has 0 bridgehead atoms. The minimum atomic E-state index is -1.12. The molecule has 0 spiro atoms. The highest BCUT2D eigenvalue weighted by Crippen LogP contribution is 2.23. The van der Waals surface area contributed by atoms with Crippen LogP contribution in [0.1, 0.15) is 21.6 Å². The summed E-state index contributed by atoms with van der Waals surface area (Å²) in [5.74, 6) is -1.03. The first-order valence-corrected chi connectivity index (χ1v) is 7.41. The molecular weight excluding hydrogens is 309 g/mol. The molecule has 0 atom stereocenters. The molecule has 0 aliphatic carbocycles. The van der Waals surface area contributed by atoms with Gasteiger partial charge in [-0.3, -0.25) is 0 Å². The van der Waals surface area contributed by atoms with Gasteiger partial charge in [0.25, 0.3) is 0 Å². The highest BCUT2D eigenvalue weighted by atomic mass is 19.1. The molecule has 2 N–H and O–H groups in total. The predicted octanol–water partition coefficient (Wildman–Crippen LogP) is 3.82. The molecule has 122 valence electrons. The normalized spacial score (nSPS) is 10.6. The molecule has 5 nitrogen and oxygen atoms in total. The van der Waals surface area contributed by atoms with Crippen LogP contribution in [0.25, 0.3) is 0 Å². The lowest BCUT2D eigenvalue weighted by atomic mass is 10.1. The predicted molar refractivity (Wildman–Crippen MR) is 89.2 cm³/mol. The molecule has 24 heavy (non-hydrogen) atoms. The van der Waals surface area contributed by atoms with Gasteiger partial charge in [-0.05, 0) is 30.7 Å². The number of hydrogen-bond acceptors (Lipinski definition) is 3. The minimum Gasteiger partial charge on any atom is -0.478 e. The summed E-state index contributed by atoms with van der Waals surface area (Å²) in [5, 5.41) is 16.7. The van der Waals surface area contributed by atoms with Crippen LogP contribution in [0.4, 0.5) is 15.9 Å². The first-order chi connectivity index (χ1) is 11.5. The fourth-order valence-electron chi connectivity index (χ4n) is 2.47. The molecule has 1 heterocycles. The molecule has 0 saturated heterocycles. The lowest BCUT2D eigenvalue weighted by molar-refractivity contribution is 0.0698. The molecule has 0 radical (unpaired) electrons. The molecule has 6 heteroatoms. The van der Waals surface area contributed by atoms with E-state index in [1.165, 1.54) is 12.1 Å². The standard InChI is InChI=1S/C18H16FN3O2/c1-12-9-17(22(21-12)11-13-5-3-2-4-6-13)20-16-10-14(19)7-8-15(16)18(23)24/h2-10,20H,11H2,1H3,(H,23,24). The number of aromatic nitrogens is 2. The van der Waals surface area contributed by atoms with Gasteiger partial charge in [0, 0.05) is 6.07 Å². The molecule has 0 saturated carbocycles. The Hall–Kier alpha value is -3.15. The van der Waals surface area contributed by atoms with Crippen LogP contribution < -0.4 is 5.32 Å².